The molecule has 0 aromatic heterocycles. The number of alkyl halides is 1. The quantitative estimate of drug-likeness (QED) is 0.563. The van der Waals surface area contributed by atoms with Gasteiger partial charge in [0.05, 0.1) is 18.1 Å². The Kier molecular flexibility index (Phi) is 5.74. The van der Waals surface area contributed by atoms with Crippen LogP contribution < -0.4 is 4.74 Å². The third kappa shape index (κ3) is 5.39. The smallest absolute Gasteiger partial charge is 0.175 e. The summed E-state index contributed by atoms with van der Waals surface area (Å²) in [5.41, 5.74) is 0. The predicted molar refractivity (Wildman–Crippen MR) is 66.6 cm³/mol. The minimum atomic E-state index is -3.15. The SMILES string of the molecule is CS(=O)(=O)c1ccc(OCCOCCCl)cc1. The van der Waals surface area contributed by atoms with Gasteiger partial charge < -0.3 is 9.47 Å². The summed E-state index contributed by atoms with van der Waals surface area (Å²) in [5, 5.41) is 0. The normalized spacial score (nSPS) is 11.4. The van der Waals surface area contributed by atoms with Crippen molar-refractivity contribution >= 4 is 21.4 Å². The standard InChI is InChI=1S/C11H15ClO4S/c1-17(13,14)11-4-2-10(3-5-11)16-9-8-15-7-6-12/h2-5H,6-9H2,1H3. The van der Waals surface area contributed by atoms with Gasteiger partial charge in [-0.25, -0.2) is 8.42 Å². The van der Waals surface area contributed by atoms with Gasteiger partial charge in [-0.05, 0) is 24.3 Å². The molecule has 0 aliphatic heterocycles. The molecule has 0 fully saturated rings. The maximum Gasteiger partial charge on any atom is 0.175 e. The van der Waals surface area contributed by atoms with E-state index in [1.165, 1.54) is 18.4 Å². The molecular formula is C11H15ClO4S. The Bertz CT molecular complexity index is 427. The number of benzene rings is 1. The topological polar surface area (TPSA) is 52.6 Å². The first-order valence-corrected chi connectivity index (χ1v) is 7.53. The van der Waals surface area contributed by atoms with Crippen LogP contribution in [0.2, 0.25) is 0 Å². The highest BCUT2D eigenvalue weighted by molar-refractivity contribution is 7.90. The molecule has 0 amide bonds. The summed E-state index contributed by atoms with van der Waals surface area (Å²) in [5.74, 6) is 1.08. The molecule has 17 heavy (non-hydrogen) atoms. The Hall–Kier alpha value is -0.780. The monoisotopic (exact) mass is 278 g/mol. The van der Waals surface area contributed by atoms with Crippen molar-refractivity contribution in [3.05, 3.63) is 24.3 Å². The van der Waals surface area contributed by atoms with Crippen molar-refractivity contribution in [1.29, 1.82) is 0 Å². The Morgan fingerprint density at radius 3 is 2.29 bits per heavy atom. The van der Waals surface area contributed by atoms with Gasteiger partial charge in [0, 0.05) is 12.1 Å². The summed E-state index contributed by atoms with van der Waals surface area (Å²) in [6.45, 7) is 1.37. The van der Waals surface area contributed by atoms with Crippen molar-refractivity contribution in [2.24, 2.45) is 0 Å². The largest absolute Gasteiger partial charge is 0.491 e. The van der Waals surface area contributed by atoms with Crippen LogP contribution in [0.5, 0.6) is 5.75 Å². The van der Waals surface area contributed by atoms with Gasteiger partial charge in [0.1, 0.15) is 12.4 Å². The van der Waals surface area contributed by atoms with E-state index in [4.69, 9.17) is 21.1 Å². The van der Waals surface area contributed by atoms with E-state index in [2.05, 4.69) is 0 Å². The molecule has 0 saturated heterocycles. The lowest BCUT2D eigenvalue weighted by Gasteiger charge is -2.06. The molecule has 0 unspecified atom stereocenters. The maximum absolute atomic E-state index is 11.2. The lowest BCUT2D eigenvalue weighted by atomic mass is 10.3. The molecule has 6 heteroatoms. The fourth-order valence-electron chi connectivity index (χ4n) is 1.16. The molecule has 0 spiro atoms. The third-order valence-electron chi connectivity index (χ3n) is 1.97. The van der Waals surface area contributed by atoms with Gasteiger partial charge in [0.2, 0.25) is 0 Å². The van der Waals surface area contributed by atoms with Gasteiger partial charge in [-0.3, -0.25) is 0 Å². The molecule has 0 radical (unpaired) electrons. The van der Waals surface area contributed by atoms with Gasteiger partial charge in [-0.2, -0.15) is 0 Å². The Morgan fingerprint density at radius 2 is 1.76 bits per heavy atom. The fraction of sp³-hybridized carbons (Fsp3) is 0.455. The average Bonchev–Trinajstić information content (AvgIpc) is 2.28. The Balaban J connectivity index is 2.41. The van der Waals surface area contributed by atoms with Gasteiger partial charge in [0.15, 0.2) is 9.84 Å². The van der Waals surface area contributed by atoms with Gasteiger partial charge in [-0.15, -0.1) is 11.6 Å². The van der Waals surface area contributed by atoms with E-state index in [0.717, 1.165) is 0 Å². The Morgan fingerprint density at radius 1 is 1.12 bits per heavy atom. The van der Waals surface area contributed by atoms with E-state index in [-0.39, 0.29) is 4.90 Å². The molecule has 1 aromatic rings. The second-order valence-electron chi connectivity index (χ2n) is 3.39. The first-order valence-electron chi connectivity index (χ1n) is 5.10. The minimum absolute atomic E-state index is 0.281. The van der Waals surface area contributed by atoms with E-state index in [0.29, 0.717) is 31.5 Å². The lowest BCUT2D eigenvalue weighted by molar-refractivity contribution is 0.111. The third-order valence-corrected chi connectivity index (χ3v) is 3.25. The van der Waals surface area contributed by atoms with E-state index >= 15 is 0 Å². The molecule has 96 valence electrons. The molecule has 0 atom stereocenters. The van der Waals surface area contributed by atoms with E-state index in [1.54, 1.807) is 12.1 Å². The van der Waals surface area contributed by atoms with Gasteiger partial charge >= 0.3 is 0 Å². The van der Waals surface area contributed by atoms with Crippen LogP contribution in [-0.2, 0) is 14.6 Å². The van der Waals surface area contributed by atoms with Gasteiger partial charge in [0.25, 0.3) is 0 Å². The molecule has 1 rings (SSSR count). The molecule has 0 aliphatic rings. The first-order chi connectivity index (χ1) is 8.04. The van der Waals surface area contributed by atoms with Crippen LogP contribution in [0, 0.1) is 0 Å². The van der Waals surface area contributed by atoms with Crippen LogP contribution in [0.15, 0.2) is 29.2 Å². The summed E-state index contributed by atoms with van der Waals surface area (Å²) in [7, 11) is -3.15. The zero-order valence-corrected chi connectivity index (χ0v) is 11.1. The molecule has 1 aromatic carbocycles. The lowest BCUT2D eigenvalue weighted by Crippen LogP contribution is -2.08. The van der Waals surface area contributed by atoms with Crippen molar-refractivity contribution in [2.45, 2.75) is 4.90 Å². The van der Waals surface area contributed by atoms with Crippen LogP contribution in [0.3, 0.4) is 0 Å². The Labute approximate surface area is 106 Å². The van der Waals surface area contributed by atoms with E-state index in [1.807, 2.05) is 0 Å². The van der Waals surface area contributed by atoms with E-state index < -0.39 is 9.84 Å². The summed E-state index contributed by atoms with van der Waals surface area (Å²) in [6, 6.07) is 6.28. The van der Waals surface area contributed by atoms with Crippen molar-refractivity contribution in [3.63, 3.8) is 0 Å². The highest BCUT2D eigenvalue weighted by Gasteiger charge is 2.06. The number of hydrogen-bond donors (Lipinski definition) is 0. The second-order valence-corrected chi connectivity index (χ2v) is 5.79. The van der Waals surface area contributed by atoms with Crippen LogP contribution in [0.25, 0.3) is 0 Å². The van der Waals surface area contributed by atoms with Crippen LogP contribution >= 0.6 is 11.6 Å². The fourth-order valence-corrected chi connectivity index (χ4v) is 1.90. The van der Waals surface area contributed by atoms with Crippen molar-refractivity contribution in [2.75, 3.05) is 32.0 Å². The molecule has 0 aliphatic carbocycles. The molecule has 0 bridgehead atoms. The van der Waals surface area contributed by atoms with Crippen molar-refractivity contribution in [1.82, 2.24) is 0 Å². The summed E-state index contributed by atoms with van der Waals surface area (Å²) in [4.78, 5) is 0.281. The number of hydrogen-bond acceptors (Lipinski definition) is 4. The van der Waals surface area contributed by atoms with Crippen LogP contribution in [0.1, 0.15) is 0 Å². The number of halogens is 1. The number of sulfone groups is 1. The second kappa shape index (κ2) is 6.83. The molecule has 0 heterocycles. The van der Waals surface area contributed by atoms with E-state index in [9.17, 15) is 8.42 Å². The first kappa shape index (κ1) is 14.3. The number of rotatable bonds is 7. The summed E-state index contributed by atoms with van der Waals surface area (Å²) < 4.78 is 32.9. The minimum Gasteiger partial charge on any atom is -0.491 e. The summed E-state index contributed by atoms with van der Waals surface area (Å²) in [6.07, 6.45) is 1.17. The molecule has 0 N–H and O–H groups in total. The molecule has 0 saturated carbocycles. The maximum atomic E-state index is 11.2. The molecule has 4 nitrogen and oxygen atoms in total. The zero-order chi connectivity index (χ0) is 12.7. The average molecular weight is 279 g/mol. The van der Waals surface area contributed by atoms with Crippen molar-refractivity contribution in [3.8, 4) is 5.75 Å². The van der Waals surface area contributed by atoms with Gasteiger partial charge in [-0.1, -0.05) is 0 Å². The number of ether oxygens (including phenoxy) is 2. The molecular weight excluding hydrogens is 264 g/mol. The predicted octanol–water partition coefficient (Wildman–Crippen LogP) is 1.72. The summed E-state index contributed by atoms with van der Waals surface area (Å²) >= 11 is 5.43. The zero-order valence-electron chi connectivity index (χ0n) is 9.56. The highest BCUT2D eigenvalue weighted by Crippen LogP contribution is 2.15. The van der Waals surface area contributed by atoms with Crippen molar-refractivity contribution < 1.29 is 17.9 Å². The van der Waals surface area contributed by atoms with Crippen LogP contribution in [0.4, 0.5) is 0 Å². The highest BCUT2D eigenvalue weighted by atomic mass is 35.5. The van der Waals surface area contributed by atoms with Crippen LogP contribution in [-0.4, -0.2) is 40.4 Å².